The fourth-order valence-electron chi connectivity index (χ4n) is 1.15. The summed E-state index contributed by atoms with van der Waals surface area (Å²) >= 11 is 0. The largest absolute Gasteiger partial charge is 0.322 e. The van der Waals surface area contributed by atoms with E-state index in [9.17, 15) is 4.79 Å². The number of aromatic nitrogens is 2. The van der Waals surface area contributed by atoms with Crippen LogP contribution >= 0.6 is 0 Å². The fraction of sp³-hybridized carbons (Fsp3) is 0. The van der Waals surface area contributed by atoms with E-state index in [0.29, 0.717) is 0 Å². The zero-order chi connectivity index (χ0) is 9.10. The van der Waals surface area contributed by atoms with Gasteiger partial charge in [-0.3, -0.25) is 9.78 Å². The quantitative estimate of drug-likeness (QED) is 0.707. The van der Waals surface area contributed by atoms with Crippen molar-refractivity contribution in [3.8, 4) is 11.3 Å². The van der Waals surface area contributed by atoms with Crippen LogP contribution in [0.25, 0.3) is 11.3 Å². The first-order valence-electron chi connectivity index (χ1n) is 3.96. The zero-order valence-electron chi connectivity index (χ0n) is 6.90. The van der Waals surface area contributed by atoms with Gasteiger partial charge in [-0.15, -0.1) is 0 Å². The highest BCUT2D eigenvalue weighted by Crippen LogP contribution is 2.12. The Kier molecular flexibility index (Phi) is 1.92. The molecule has 0 saturated heterocycles. The van der Waals surface area contributed by atoms with Crippen LogP contribution in [0.1, 0.15) is 0 Å². The predicted molar refractivity (Wildman–Crippen MR) is 50.3 cm³/mol. The average molecular weight is 172 g/mol. The second-order valence-electron chi connectivity index (χ2n) is 2.66. The van der Waals surface area contributed by atoms with Crippen molar-refractivity contribution in [1.29, 1.82) is 0 Å². The maximum atomic E-state index is 11.0. The van der Waals surface area contributed by atoms with Crippen molar-refractivity contribution >= 4 is 0 Å². The van der Waals surface area contributed by atoms with Crippen LogP contribution < -0.4 is 5.56 Å². The third-order valence-electron chi connectivity index (χ3n) is 1.76. The van der Waals surface area contributed by atoms with Gasteiger partial charge in [0.25, 0.3) is 0 Å². The van der Waals surface area contributed by atoms with Gasteiger partial charge >= 0.3 is 0 Å². The Labute approximate surface area is 75.1 Å². The molecule has 13 heavy (non-hydrogen) atoms. The molecule has 2 heterocycles. The summed E-state index contributed by atoms with van der Waals surface area (Å²) < 4.78 is 0. The fourth-order valence-corrected chi connectivity index (χ4v) is 1.15. The van der Waals surface area contributed by atoms with Gasteiger partial charge in [0.1, 0.15) is 0 Å². The number of hydrogen-bond acceptors (Lipinski definition) is 2. The lowest BCUT2D eigenvalue weighted by Crippen LogP contribution is -2.03. The summed E-state index contributed by atoms with van der Waals surface area (Å²) in [6, 6.07) is 8.78. The Morgan fingerprint density at radius 3 is 2.54 bits per heavy atom. The number of rotatable bonds is 1. The van der Waals surface area contributed by atoms with E-state index in [0.717, 1.165) is 11.3 Å². The van der Waals surface area contributed by atoms with Crippen molar-refractivity contribution in [3.05, 3.63) is 53.1 Å². The number of pyridine rings is 2. The van der Waals surface area contributed by atoms with Gasteiger partial charge in [-0.05, 0) is 18.2 Å². The van der Waals surface area contributed by atoms with E-state index >= 15 is 0 Å². The minimum Gasteiger partial charge on any atom is -0.322 e. The van der Waals surface area contributed by atoms with Crippen LogP contribution in [0.4, 0.5) is 0 Å². The molecule has 0 spiro atoms. The van der Waals surface area contributed by atoms with Gasteiger partial charge in [-0.1, -0.05) is 6.07 Å². The van der Waals surface area contributed by atoms with Crippen molar-refractivity contribution in [1.82, 2.24) is 9.97 Å². The molecule has 2 rings (SSSR count). The molecular formula is C10H8N2O. The van der Waals surface area contributed by atoms with Gasteiger partial charge in [-0.25, -0.2) is 0 Å². The van der Waals surface area contributed by atoms with Gasteiger partial charge in [0.05, 0.1) is 0 Å². The SMILES string of the molecule is O=c1cccc(-c2ccncc2)[nH]1. The van der Waals surface area contributed by atoms with Crippen molar-refractivity contribution in [2.45, 2.75) is 0 Å². The van der Waals surface area contributed by atoms with E-state index in [2.05, 4.69) is 9.97 Å². The van der Waals surface area contributed by atoms with E-state index in [4.69, 9.17) is 0 Å². The summed E-state index contributed by atoms with van der Waals surface area (Å²) in [5.41, 5.74) is 1.69. The highest BCUT2D eigenvalue weighted by molar-refractivity contribution is 5.57. The van der Waals surface area contributed by atoms with Crippen molar-refractivity contribution < 1.29 is 0 Å². The number of nitrogens with zero attached hydrogens (tertiary/aromatic N) is 1. The lowest BCUT2D eigenvalue weighted by molar-refractivity contribution is 1.23. The average Bonchev–Trinajstić information content (AvgIpc) is 2.19. The standard InChI is InChI=1S/C10H8N2O/c13-10-3-1-2-9(12-10)8-4-6-11-7-5-8/h1-7H,(H,12,13). The Hall–Kier alpha value is -1.90. The van der Waals surface area contributed by atoms with Crippen molar-refractivity contribution in [3.63, 3.8) is 0 Å². The number of H-pyrrole nitrogens is 1. The molecule has 3 heteroatoms. The highest BCUT2D eigenvalue weighted by atomic mass is 16.1. The molecule has 0 aromatic carbocycles. The molecule has 0 aliphatic rings. The lowest BCUT2D eigenvalue weighted by Gasteiger charge is -1.98. The third-order valence-corrected chi connectivity index (χ3v) is 1.76. The molecular weight excluding hydrogens is 164 g/mol. The number of nitrogens with one attached hydrogen (secondary N) is 1. The number of hydrogen-bond donors (Lipinski definition) is 1. The van der Waals surface area contributed by atoms with E-state index in [1.165, 1.54) is 6.07 Å². The van der Waals surface area contributed by atoms with Gasteiger partial charge in [0.15, 0.2) is 0 Å². The third kappa shape index (κ3) is 1.64. The van der Waals surface area contributed by atoms with Gasteiger partial charge < -0.3 is 4.98 Å². The molecule has 1 N–H and O–H groups in total. The molecule has 2 aromatic rings. The van der Waals surface area contributed by atoms with Crippen molar-refractivity contribution in [2.24, 2.45) is 0 Å². The molecule has 2 aromatic heterocycles. The summed E-state index contributed by atoms with van der Waals surface area (Å²) in [5.74, 6) is 0. The summed E-state index contributed by atoms with van der Waals surface area (Å²) in [7, 11) is 0. The molecule has 0 unspecified atom stereocenters. The van der Waals surface area contributed by atoms with Gasteiger partial charge in [0, 0.05) is 29.7 Å². The van der Waals surface area contributed by atoms with Crippen LogP contribution in [0, 0.1) is 0 Å². The topological polar surface area (TPSA) is 45.8 Å². The first-order chi connectivity index (χ1) is 6.36. The maximum absolute atomic E-state index is 11.0. The highest BCUT2D eigenvalue weighted by Gasteiger charge is 1.95. The second-order valence-corrected chi connectivity index (χ2v) is 2.66. The first-order valence-corrected chi connectivity index (χ1v) is 3.96. The van der Waals surface area contributed by atoms with E-state index < -0.39 is 0 Å². The van der Waals surface area contributed by atoms with Crippen molar-refractivity contribution in [2.75, 3.05) is 0 Å². The molecule has 3 nitrogen and oxygen atoms in total. The molecule has 0 saturated carbocycles. The normalized spacial score (nSPS) is 9.85. The molecule has 0 amide bonds. The van der Waals surface area contributed by atoms with Crippen LogP contribution in [0.3, 0.4) is 0 Å². The Morgan fingerprint density at radius 2 is 1.85 bits per heavy atom. The van der Waals surface area contributed by atoms with Crippen LogP contribution in [0.5, 0.6) is 0 Å². The van der Waals surface area contributed by atoms with E-state index in [1.807, 2.05) is 18.2 Å². The van der Waals surface area contributed by atoms with Crippen LogP contribution in [0.2, 0.25) is 0 Å². The van der Waals surface area contributed by atoms with Crippen LogP contribution in [-0.4, -0.2) is 9.97 Å². The molecule has 0 atom stereocenters. The molecule has 0 bridgehead atoms. The Balaban J connectivity index is 2.54. The Morgan fingerprint density at radius 1 is 1.08 bits per heavy atom. The molecule has 0 radical (unpaired) electrons. The Bertz CT molecular complexity index is 448. The number of aromatic amines is 1. The predicted octanol–water partition coefficient (Wildman–Crippen LogP) is 1.44. The zero-order valence-corrected chi connectivity index (χ0v) is 6.90. The second kappa shape index (κ2) is 3.23. The summed E-state index contributed by atoms with van der Waals surface area (Å²) in [5, 5.41) is 0. The molecule has 0 aliphatic carbocycles. The van der Waals surface area contributed by atoms with Gasteiger partial charge in [0.2, 0.25) is 5.56 Å². The summed E-state index contributed by atoms with van der Waals surface area (Å²) in [6.07, 6.45) is 3.39. The molecule has 0 fully saturated rings. The minimum atomic E-state index is -0.0886. The van der Waals surface area contributed by atoms with Crippen LogP contribution in [0.15, 0.2) is 47.5 Å². The minimum absolute atomic E-state index is 0.0886. The first kappa shape index (κ1) is 7.73. The summed E-state index contributed by atoms with van der Waals surface area (Å²) in [6.45, 7) is 0. The van der Waals surface area contributed by atoms with E-state index in [-0.39, 0.29) is 5.56 Å². The van der Waals surface area contributed by atoms with Gasteiger partial charge in [-0.2, -0.15) is 0 Å². The molecule has 64 valence electrons. The molecule has 0 aliphatic heterocycles. The van der Waals surface area contributed by atoms with E-state index in [1.54, 1.807) is 18.5 Å². The monoisotopic (exact) mass is 172 g/mol. The maximum Gasteiger partial charge on any atom is 0.248 e. The smallest absolute Gasteiger partial charge is 0.248 e. The summed E-state index contributed by atoms with van der Waals surface area (Å²) in [4.78, 5) is 17.6. The van der Waals surface area contributed by atoms with Crippen LogP contribution in [-0.2, 0) is 0 Å². The lowest BCUT2D eigenvalue weighted by atomic mass is 10.2.